The Labute approximate surface area is 81.1 Å². The average molecular weight is 187 g/mol. The van der Waals surface area contributed by atoms with Crippen molar-refractivity contribution in [2.75, 3.05) is 0 Å². The minimum atomic E-state index is 0.448. The highest BCUT2D eigenvalue weighted by atomic mass is 14.9. The van der Waals surface area contributed by atoms with Crippen LogP contribution < -0.4 is 5.73 Å². The first kappa shape index (κ1) is 8.71. The van der Waals surface area contributed by atoms with Crippen LogP contribution in [-0.4, -0.2) is 19.9 Å². The molecule has 0 aliphatic carbocycles. The van der Waals surface area contributed by atoms with Crippen molar-refractivity contribution in [1.82, 2.24) is 19.9 Å². The van der Waals surface area contributed by atoms with Gasteiger partial charge in [0.05, 0.1) is 0 Å². The van der Waals surface area contributed by atoms with Crippen LogP contribution in [0.3, 0.4) is 0 Å². The second kappa shape index (κ2) is 3.89. The molecule has 0 radical (unpaired) electrons. The van der Waals surface area contributed by atoms with Crippen LogP contribution in [0.2, 0.25) is 0 Å². The van der Waals surface area contributed by atoms with E-state index in [1.54, 1.807) is 24.7 Å². The molecule has 0 aromatic carbocycles. The van der Waals surface area contributed by atoms with Gasteiger partial charge in [-0.05, 0) is 6.07 Å². The first-order valence-corrected chi connectivity index (χ1v) is 4.17. The maximum absolute atomic E-state index is 5.43. The van der Waals surface area contributed by atoms with Gasteiger partial charge in [-0.3, -0.25) is 0 Å². The molecule has 14 heavy (non-hydrogen) atoms. The van der Waals surface area contributed by atoms with Crippen molar-refractivity contribution in [3.63, 3.8) is 0 Å². The van der Waals surface area contributed by atoms with Gasteiger partial charge in [0.2, 0.25) is 0 Å². The summed E-state index contributed by atoms with van der Waals surface area (Å²) in [5.41, 5.74) is 7.05. The zero-order valence-electron chi connectivity index (χ0n) is 7.46. The van der Waals surface area contributed by atoms with Crippen LogP contribution in [0.25, 0.3) is 11.5 Å². The molecule has 0 aliphatic rings. The van der Waals surface area contributed by atoms with Crippen LogP contribution in [0, 0.1) is 0 Å². The van der Waals surface area contributed by atoms with E-state index in [4.69, 9.17) is 5.73 Å². The van der Waals surface area contributed by atoms with E-state index in [0.717, 1.165) is 5.56 Å². The summed E-state index contributed by atoms with van der Waals surface area (Å²) in [5.74, 6) is 0.588. The molecule has 0 atom stereocenters. The van der Waals surface area contributed by atoms with Gasteiger partial charge < -0.3 is 5.73 Å². The number of hydrogen-bond acceptors (Lipinski definition) is 5. The molecule has 0 unspecified atom stereocenters. The third kappa shape index (κ3) is 1.72. The zero-order chi connectivity index (χ0) is 9.80. The van der Waals surface area contributed by atoms with Gasteiger partial charge in [0, 0.05) is 30.7 Å². The van der Waals surface area contributed by atoms with Crippen LogP contribution in [0.4, 0.5) is 0 Å². The standard InChI is InChI=1S/C9H9N5/c10-3-7-4-12-9(13-5-7)8-1-2-11-6-14-8/h1-2,4-6H,3,10H2. The van der Waals surface area contributed by atoms with Crippen LogP contribution in [-0.2, 0) is 6.54 Å². The number of nitrogens with two attached hydrogens (primary N) is 1. The number of hydrogen-bond donors (Lipinski definition) is 1. The van der Waals surface area contributed by atoms with E-state index in [1.807, 2.05) is 0 Å². The quantitative estimate of drug-likeness (QED) is 0.735. The van der Waals surface area contributed by atoms with Gasteiger partial charge in [-0.15, -0.1) is 0 Å². The van der Waals surface area contributed by atoms with E-state index in [2.05, 4.69) is 19.9 Å². The molecule has 2 aromatic heterocycles. The molecule has 0 bridgehead atoms. The second-order valence-electron chi connectivity index (χ2n) is 2.71. The maximum Gasteiger partial charge on any atom is 0.178 e. The molecule has 2 rings (SSSR count). The number of rotatable bonds is 2. The smallest absolute Gasteiger partial charge is 0.178 e. The van der Waals surface area contributed by atoms with Gasteiger partial charge in [0.1, 0.15) is 12.0 Å². The Morgan fingerprint density at radius 1 is 1.14 bits per heavy atom. The molecule has 2 N–H and O–H groups in total. The molecule has 70 valence electrons. The summed E-state index contributed by atoms with van der Waals surface area (Å²) in [7, 11) is 0. The normalized spacial score (nSPS) is 10.1. The maximum atomic E-state index is 5.43. The Morgan fingerprint density at radius 2 is 1.93 bits per heavy atom. The van der Waals surface area contributed by atoms with Crippen molar-refractivity contribution < 1.29 is 0 Å². The monoisotopic (exact) mass is 187 g/mol. The van der Waals surface area contributed by atoms with Crippen molar-refractivity contribution in [2.24, 2.45) is 5.73 Å². The predicted molar refractivity (Wildman–Crippen MR) is 50.9 cm³/mol. The van der Waals surface area contributed by atoms with E-state index < -0.39 is 0 Å². The third-order valence-corrected chi connectivity index (χ3v) is 1.75. The van der Waals surface area contributed by atoms with Crippen LogP contribution in [0.5, 0.6) is 0 Å². The first-order valence-electron chi connectivity index (χ1n) is 4.17. The van der Waals surface area contributed by atoms with E-state index >= 15 is 0 Å². The summed E-state index contributed by atoms with van der Waals surface area (Å²) in [6.07, 6.45) is 6.52. The molecular formula is C9H9N5. The molecule has 0 saturated carbocycles. The molecule has 0 fully saturated rings. The molecule has 2 heterocycles. The predicted octanol–water partition coefficient (Wildman–Crippen LogP) is 0.392. The lowest BCUT2D eigenvalue weighted by molar-refractivity contribution is 1.00. The van der Waals surface area contributed by atoms with Gasteiger partial charge in [-0.25, -0.2) is 19.9 Å². The topological polar surface area (TPSA) is 77.6 Å². The van der Waals surface area contributed by atoms with Crippen molar-refractivity contribution in [1.29, 1.82) is 0 Å². The molecule has 0 spiro atoms. The van der Waals surface area contributed by atoms with Crippen molar-refractivity contribution in [2.45, 2.75) is 6.54 Å². The van der Waals surface area contributed by atoms with Gasteiger partial charge in [-0.1, -0.05) is 0 Å². The van der Waals surface area contributed by atoms with Gasteiger partial charge in [-0.2, -0.15) is 0 Å². The highest BCUT2D eigenvalue weighted by Crippen LogP contribution is 2.08. The molecule has 2 aromatic rings. The summed E-state index contributed by atoms with van der Waals surface area (Å²) in [4.78, 5) is 16.1. The Hall–Kier alpha value is -1.88. The van der Waals surface area contributed by atoms with E-state index in [-0.39, 0.29) is 0 Å². The molecule has 0 amide bonds. The fourth-order valence-electron chi connectivity index (χ4n) is 1.02. The Kier molecular flexibility index (Phi) is 2.42. The van der Waals surface area contributed by atoms with Crippen LogP contribution in [0.1, 0.15) is 5.56 Å². The Morgan fingerprint density at radius 3 is 2.50 bits per heavy atom. The average Bonchev–Trinajstić information content (AvgIpc) is 2.30. The summed E-state index contributed by atoms with van der Waals surface area (Å²) in [6, 6.07) is 1.76. The van der Waals surface area contributed by atoms with Gasteiger partial charge in [0.25, 0.3) is 0 Å². The molecule has 0 aliphatic heterocycles. The molecule has 0 saturated heterocycles. The van der Waals surface area contributed by atoms with E-state index in [1.165, 1.54) is 6.33 Å². The number of nitrogens with zero attached hydrogens (tertiary/aromatic N) is 4. The zero-order valence-corrected chi connectivity index (χ0v) is 7.46. The highest BCUT2D eigenvalue weighted by Gasteiger charge is 2.00. The largest absolute Gasteiger partial charge is 0.326 e. The van der Waals surface area contributed by atoms with E-state index in [0.29, 0.717) is 18.1 Å². The summed E-state index contributed by atoms with van der Waals surface area (Å²) < 4.78 is 0. The minimum Gasteiger partial charge on any atom is -0.326 e. The fourth-order valence-corrected chi connectivity index (χ4v) is 1.02. The first-order chi connectivity index (χ1) is 6.90. The fraction of sp³-hybridized carbons (Fsp3) is 0.111. The minimum absolute atomic E-state index is 0.448. The lowest BCUT2D eigenvalue weighted by Crippen LogP contribution is -1.99. The molecular weight excluding hydrogens is 178 g/mol. The lowest BCUT2D eigenvalue weighted by Gasteiger charge is -1.98. The molecule has 5 heteroatoms. The van der Waals surface area contributed by atoms with Gasteiger partial charge in [0.15, 0.2) is 5.82 Å². The highest BCUT2D eigenvalue weighted by molar-refractivity contribution is 5.46. The Balaban J connectivity index is 2.34. The second-order valence-corrected chi connectivity index (χ2v) is 2.71. The number of aromatic nitrogens is 4. The summed E-state index contributed by atoms with van der Waals surface area (Å²) in [5, 5.41) is 0. The Bertz CT molecular complexity index is 397. The summed E-state index contributed by atoms with van der Waals surface area (Å²) in [6.45, 7) is 0.448. The van der Waals surface area contributed by atoms with Gasteiger partial charge >= 0.3 is 0 Å². The third-order valence-electron chi connectivity index (χ3n) is 1.75. The SMILES string of the molecule is NCc1cnc(-c2ccncn2)nc1. The molecule has 5 nitrogen and oxygen atoms in total. The van der Waals surface area contributed by atoms with Crippen LogP contribution in [0.15, 0.2) is 31.0 Å². The van der Waals surface area contributed by atoms with E-state index in [9.17, 15) is 0 Å². The van der Waals surface area contributed by atoms with Crippen molar-refractivity contribution >= 4 is 0 Å². The van der Waals surface area contributed by atoms with Crippen molar-refractivity contribution in [3.05, 3.63) is 36.5 Å². The lowest BCUT2D eigenvalue weighted by atomic mass is 10.3. The summed E-state index contributed by atoms with van der Waals surface area (Å²) >= 11 is 0. The van der Waals surface area contributed by atoms with Crippen LogP contribution >= 0.6 is 0 Å². The van der Waals surface area contributed by atoms with Crippen molar-refractivity contribution in [3.8, 4) is 11.5 Å².